The summed E-state index contributed by atoms with van der Waals surface area (Å²) in [6.07, 6.45) is 13.1. The van der Waals surface area contributed by atoms with Crippen molar-refractivity contribution >= 4 is 46.0 Å². The summed E-state index contributed by atoms with van der Waals surface area (Å²) in [5.74, 6) is 2.12. The normalized spacial score (nSPS) is 19.9. The topological polar surface area (TPSA) is 155 Å². The first-order valence-electron chi connectivity index (χ1n) is 22.8. The molecule has 336 valence electrons. The summed E-state index contributed by atoms with van der Waals surface area (Å²) < 4.78 is 14.7. The lowest BCUT2D eigenvalue weighted by molar-refractivity contribution is -0.384. The number of carbonyl (C=O) groups is 1. The summed E-state index contributed by atoms with van der Waals surface area (Å²) >= 11 is 0.987. The van der Waals surface area contributed by atoms with Gasteiger partial charge in [-0.3, -0.25) is 29.4 Å². The molecule has 0 radical (unpaired) electrons. The minimum Gasteiger partial charge on any atom is -0.497 e. The van der Waals surface area contributed by atoms with Gasteiger partial charge < -0.3 is 25.1 Å². The number of methoxy groups -OCH3 is 1. The Labute approximate surface area is 384 Å². The highest BCUT2D eigenvalue weighted by molar-refractivity contribution is 7.98. The minimum absolute atomic E-state index is 0.0609. The van der Waals surface area contributed by atoms with E-state index in [1.54, 1.807) is 36.6 Å². The molecule has 1 amide bonds. The van der Waals surface area contributed by atoms with Crippen LogP contribution in [-0.4, -0.2) is 76.5 Å². The van der Waals surface area contributed by atoms with Gasteiger partial charge in [0.25, 0.3) is 11.6 Å². The van der Waals surface area contributed by atoms with Gasteiger partial charge in [0, 0.05) is 78.6 Å². The fourth-order valence-electron chi connectivity index (χ4n) is 10.6. The van der Waals surface area contributed by atoms with Gasteiger partial charge in [0.1, 0.15) is 28.6 Å². The van der Waals surface area contributed by atoms with E-state index in [9.17, 15) is 14.9 Å². The third kappa shape index (κ3) is 9.12. The summed E-state index contributed by atoms with van der Waals surface area (Å²) in [6, 6.07) is 33.4. The fourth-order valence-corrected chi connectivity index (χ4v) is 11.3. The van der Waals surface area contributed by atoms with E-state index in [0.29, 0.717) is 51.4 Å². The van der Waals surface area contributed by atoms with E-state index in [2.05, 4.69) is 85.0 Å². The van der Waals surface area contributed by atoms with E-state index in [-0.39, 0.29) is 11.4 Å². The number of anilines is 2. The third-order valence-electron chi connectivity index (χ3n) is 14.5. The lowest BCUT2D eigenvalue weighted by Gasteiger charge is -2.58. The van der Waals surface area contributed by atoms with Gasteiger partial charge in [-0.15, -0.1) is 0 Å². The van der Waals surface area contributed by atoms with Crippen molar-refractivity contribution in [1.82, 2.24) is 24.5 Å². The Morgan fingerprint density at radius 3 is 2.51 bits per heavy atom. The van der Waals surface area contributed by atoms with Crippen LogP contribution in [0.25, 0.3) is 11.0 Å². The average molecular weight is 893 g/mol. The molecule has 0 bridgehead atoms. The van der Waals surface area contributed by atoms with Crippen LogP contribution in [0.4, 0.5) is 17.1 Å². The molecule has 2 aromatic heterocycles. The van der Waals surface area contributed by atoms with Gasteiger partial charge in [-0.25, -0.2) is 4.98 Å². The first-order chi connectivity index (χ1) is 31.6. The van der Waals surface area contributed by atoms with E-state index in [1.165, 1.54) is 49.8 Å². The quantitative estimate of drug-likeness (QED) is 0.0414. The first kappa shape index (κ1) is 42.8. The Balaban J connectivity index is 0.824. The lowest BCUT2D eigenvalue weighted by atomic mass is 9.59. The standard InChI is InChI=1S/C51H56N8O5S/c1-56(32-33-7-12-39(63-2)13-8-33)36-18-22-58(46(26-36)43-6-4-3-5-42(43)34-9-10-34)38-29-51(30-38)19-23-57(24-20-51)37-11-15-44(48(27-37)64-40-25-35-17-21-53-49(35)54-31-40)50(60)55-65-41-14-16-45(52)47(28-41)59(61)62/h3-8,11-17,21,25,27-28,31,34,36,38,46H,9-10,18-20,22-24,26,29-30,32,52H2,1-2H3,(H,53,54)(H,55,60). The number of ether oxygens (including phenoxy) is 2. The highest BCUT2D eigenvalue weighted by atomic mass is 32.2. The summed E-state index contributed by atoms with van der Waals surface area (Å²) in [7, 11) is 4.02. The second-order valence-electron chi connectivity index (χ2n) is 18.5. The number of pyridine rings is 1. The Kier molecular flexibility index (Phi) is 11.9. The second kappa shape index (κ2) is 18.1. The first-order valence-corrected chi connectivity index (χ1v) is 23.6. The molecule has 2 atom stereocenters. The molecule has 2 unspecified atom stereocenters. The monoisotopic (exact) mass is 892 g/mol. The number of nitro groups is 1. The van der Waals surface area contributed by atoms with Crippen LogP contribution in [0, 0.1) is 15.5 Å². The molecule has 6 aromatic rings. The Morgan fingerprint density at radius 2 is 1.75 bits per heavy atom. The fraction of sp³-hybridized carbons (Fsp3) is 0.373. The minimum atomic E-state index is -0.534. The van der Waals surface area contributed by atoms with E-state index in [0.717, 1.165) is 79.9 Å². The zero-order chi connectivity index (χ0) is 44.7. The molecule has 4 fully saturated rings. The number of hydrogen-bond acceptors (Lipinski definition) is 11. The smallest absolute Gasteiger partial charge is 0.293 e. The maximum Gasteiger partial charge on any atom is 0.293 e. The van der Waals surface area contributed by atoms with Gasteiger partial charge in [0.05, 0.1) is 23.8 Å². The third-order valence-corrected chi connectivity index (χ3v) is 15.2. The van der Waals surface area contributed by atoms with E-state index in [4.69, 9.17) is 15.2 Å². The number of H-pyrrole nitrogens is 1. The number of amides is 1. The van der Waals surface area contributed by atoms with Crippen LogP contribution < -0.4 is 24.8 Å². The molecule has 2 aliphatic carbocycles. The van der Waals surface area contributed by atoms with Crippen molar-refractivity contribution in [3.63, 3.8) is 0 Å². The number of piperidine rings is 2. The van der Waals surface area contributed by atoms with Gasteiger partial charge in [-0.05, 0) is 147 Å². The molecule has 10 rings (SSSR count). The largest absolute Gasteiger partial charge is 0.497 e. The zero-order valence-corrected chi connectivity index (χ0v) is 37.8. The van der Waals surface area contributed by atoms with Crippen LogP contribution in [0.15, 0.2) is 114 Å². The summed E-state index contributed by atoms with van der Waals surface area (Å²) in [5.41, 5.74) is 12.5. The zero-order valence-electron chi connectivity index (χ0n) is 36.9. The number of nitrogens with one attached hydrogen (secondary N) is 2. The number of aromatic nitrogens is 2. The van der Waals surface area contributed by atoms with Crippen LogP contribution in [0.2, 0.25) is 0 Å². The second-order valence-corrected chi connectivity index (χ2v) is 19.4. The molecule has 4 N–H and O–H groups in total. The Bertz CT molecular complexity index is 2690. The van der Waals surface area contributed by atoms with Crippen LogP contribution in [0.3, 0.4) is 0 Å². The van der Waals surface area contributed by atoms with Crippen LogP contribution in [0.5, 0.6) is 17.2 Å². The maximum absolute atomic E-state index is 13.8. The molecule has 4 aliphatic rings. The van der Waals surface area contributed by atoms with Gasteiger partial charge in [0.15, 0.2) is 0 Å². The van der Waals surface area contributed by atoms with Crippen molar-refractivity contribution in [3.05, 3.63) is 142 Å². The highest BCUT2D eigenvalue weighted by Crippen LogP contribution is 2.55. The number of aromatic amines is 1. The van der Waals surface area contributed by atoms with Crippen LogP contribution in [0.1, 0.15) is 90.4 Å². The number of benzene rings is 4. The van der Waals surface area contributed by atoms with Crippen molar-refractivity contribution in [2.75, 3.05) is 44.4 Å². The van der Waals surface area contributed by atoms with Crippen molar-refractivity contribution < 1.29 is 19.2 Å². The molecular formula is C51H56N8O5S. The number of nitro benzene ring substituents is 1. The number of carbonyl (C=O) groups excluding carboxylic acids is 1. The average Bonchev–Trinajstić information content (AvgIpc) is 4.07. The molecule has 2 saturated carbocycles. The van der Waals surface area contributed by atoms with Crippen molar-refractivity contribution in [3.8, 4) is 17.2 Å². The predicted octanol–water partition coefficient (Wildman–Crippen LogP) is 10.3. The number of nitrogens with zero attached hydrogens (tertiary/aromatic N) is 5. The van der Waals surface area contributed by atoms with Gasteiger partial charge in [0.2, 0.25) is 0 Å². The van der Waals surface area contributed by atoms with Gasteiger partial charge >= 0.3 is 0 Å². The van der Waals surface area contributed by atoms with E-state index >= 15 is 0 Å². The number of nitrogens with two attached hydrogens (primary N) is 1. The maximum atomic E-state index is 13.8. The molecule has 4 aromatic carbocycles. The SMILES string of the molecule is COc1ccc(CN(C)C2CCN(C3CC4(CCN(c5ccc(C(=O)NSc6ccc(N)c([N+](=O)[O-])c6)c(Oc6cnc7[nH]ccc7c6)c5)CC4)C3)C(c3ccccc3C3CC3)C2)cc1. The van der Waals surface area contributed by atoms with Crippen LogP contribution in [-0.2, 0) is 6.54 Å². The Morgan fingerprint density at radius 1 is 0.969 bits per heavy atom. The van der Waals surface area contributed by atoms with Crippen molar-refractivity contribution in [1.29, 1.82) is 0 Å². The van der Waals surface area contributed by atoms with Crippen molar-refractivity contribution in [2.45, 2.75) is 86.9 Å². The van der Waals surface area contributed by atoms with Gasteiger partial charge in [-0.2, -0.15) is 0 Å². The molecule has 4 heterocycles. The van der Waals surface area contributed by atoms with E-state index < -0.39 is 10.8 Å². The van der Waals surface area contributed by atoms with Crippen LogP contribution >= 0.6 is 11.9 Å². The molecule has 13 nitrogen and oxygen atoms in total. The summed E-state index contributed by atoms with van der Waals surface area (Å²) in [6.45, 7) is 3.89. The molecule has 65 heavy (non-hydrogen) atoms. The highest BCUT2D eigenvalue weighted by Gasteiger charge is 2.50. The summed E-state index contributed by atoms with van der Waals surface area (Å²) in [5, 5.41) is 12.4. The summed E-state index contributed by atoms with van der Waals surface area (Å²) in [4.78, 5) is 40.7. The number of rotatable bonds is 14. The number of nitrogen functional groups attached to an aromatic ring is 1. The Hall–Kier alpha value is -6.09. The number of fused-ring (bicyclic) bond motifs is 1. The molecular weight excluding hydrogens is 837 g/mol. The number of hydrogen-bond donors (Lipinski definition) is 3. The molecule has 14 heteroatoms. The van der Waals surface area contributed by atoms with Gasteiger partial charge in [-0.1, -0.05) is 36.4 Å². The molecule has 2 aliphatic heterocycles. The lowest BCUT2D eigenvalue weighted by Crippen LogP contribution is -2.58. The number of likely N-dealkylation sites (tertiary alicyclic amines) is 1. The van der Waals surface area contributed by atoms with E-state index in [1.807, 2.05) is 30.5 Å². The molecule has 2 saturated heterocycles. The predicted molar refractivity (Wildman–Crippen MR) is 256 cm³/mol. The van der Waals surface area contributed by atoms with Crippen molar-refractivity contribution in [2.24, 2.45) is 5.41 Å². The molecule has 1 spiro atoms.